The number of para-hydroxylation sites is 1. The fraction of sp³-hybridized carbons (Fsp3) is 0.286. The molecule has 1 aromatic carbocycles. The molecule has 1 heterocycles. The average Bonchev–Trinajstić information content (AvgIpc) is 2.77. The maximum Gasteiger partial charge on any atom is 0.0545 e. The van der Waals surface area contributed by atoms with Crippen LogP contribution < -0.4 is 5.32 Å². The smallest absolute Gasteiger partial charge is 0.0545 e. The van der Waals surface area contributed by atoms with E-state index < -0.39 is 0 Å². The lowest BCUT2D eigenvalue weighted by Gasteiger charge is -2.02. The summed E-state index contributed by atoms with van der Waals surface area (Å²) in [7, 11) is 0. The van der Waals surface area contributed by atoms with Gasteiger partial charge in [0.1, 0.15) is 0 Å². The van der Waals surface area contributed by atoms with Gasteiger partial charge in [-0.15, -0.1) is 18.2 Å². The van der Waals surface area contributed by atoms with Gasteiger partial charge in [0.25, 0.3) is 0 Å². The van der Waals surface area contributed by atoms with Crippen LogP contribution in [0.5, 0.6) is 0 Å². The van der Waals surface area contributed by atoms with Crippen molar-refractivity contribution in [2.75, 3.05) is 18.1 Å². The second-order valence-electron chi connectivity index (χ2n) is 3.79. The Morgan fingerprint density at radius 2 is 2.24 bits per heavy atom. The number of aromatic amines is 1. The van der Waals surface area contributed by atoms with E-state index in [1.807, 2.05) is 6.07 Å². The van der Waals surface area contributed by atoms with Gasteiger partial charge in [-0.1, -0.05) is 24.1 Å². The van der Waals surface area contributed by atoms with Gasteiger partial charge in [-0.3, -0.25) is 0 Å². The van der Waals surface area contributed by atoms with Crippen LogP contribution in [0.15, 0.2) is 30.5 Å². The van der Waals surface area contributed by atoms with Gasteiger partial charge in [0.05, 0.1) is 5.75 Å². The van der Waals surface area contributed by atoms with Crippen LogP contribution in [0.3, 0.4) is 0 Å². The van der Waals surface area contributed by atoms with E-state index in [-0.39, 0.29) is 0 Å². The summed E-state index contributed by atoms with van der Waals surface area (Å²) in [6, 6.07) is 8.37. The van der Waals surface area contributed by atoms with E-state index in [1.54, 1.807) is 11.8 Å². The van der Waals surface area contributed by atoms with Crippen LogP contribution in [-0.4, -0.2) is 23.0 Å². The third kappa shape index (κ3) is 3.29. The minimum absolute atomic E-state index is 0.800. The van der Waals surface area contributed by atoms with E-state index in [4.69, 9.17) is 6.42 Å². The molecule has 0 spiro atoms. The molecule has 1 aromatic heterocycles. The van der Waals surface area contributed by atoms with Gasteiger partial charge in [-0.2, -0.15) is 0 Å². The summed E-state index contributed by atoms with van der Waals surface area (Å²) in [5.74, 6) is 4.49. The van der Waals surface area contributed by atoms with Crippen molar-refractivity contribution in [1.29, 1.82) is 0 Å². The number of thioether (sulfide) groups is 1. The minimum Gasteiger partial charge on any atom is -0.361 e. The Morgan fingerprint density at radius 3 is 3.12 bits per heavy atom. The third-order valence-electron chi connectivity index (χ3n) is 2.60. The van der Waals surface area contributed by atoms with Crippen LogP contribution in [0, 0.1) is 12.3 Å². The zero-order chi connectivity index (χ0) is 11.9. The molecule has 0 aliphatic carbocycles. The van der Waals surface area contributed by atoms with Crippen LogP contribution in [0.1, 0.15) is 5.56 Å². The van der Waals surface area contributed by atoms with Gasteiger partial charge in [-0.25, -0.2) is 0 Å². The van der Waals surface area contributed by atoms with E-state index in [9.17, 15) is 0 Å². The first kappa shape index (κ1) is 12.1. The summed E-state index contributed by atoms with van der Waals surface area (Å²) in [6.07, 6.45) is 7.26. The lowest BCUT2D eigenvalue weighted by Crippen LogP contribution is -2.16. The van der Waals surface area contributed by atoms with Gasteiger partial charge >= 0.3 is 0 Å². The van der Waals surface area contributed by atoms with Crippen LogP contribution in [-0.2, 0) is 6.54 Å². The van der Waals surface area contributed by atoms with E-state index in [0.29, 0.717) is 0 Å². The normalized spacial score (nSPS) is 10.5. The highest BCUT2D eigenvalue weighted by atomic mass is 32.2. The molecule has 2 rings (SSSR count). The fourth-order valence-corrected chi connectivity index (χ4v) is 2.33. The van der Waals surface area contributed by atoms with Crippen molar-refractivity contribution in [3.05, 3.63) is 36.0 Å². The molecule has 0 fully saturated rings. The van der Waals surface area contributed by atoms with Gasteiger partial charge < -0.3 is 10.3 Å². The molecule has 0 amide bonds. The molecule has 0 saturated carbocycles. The molecule has 3 heteroatoms. The molecule has 0 atom stereocenters. The molecule has 0 unspecified atom stereocenters. The predicted octanol–water partition coefficient (Wildman–Crippen LogP) is 2.62. The average molecular weight is 244 g/mol. The number of nitrogens with one attached hydrogen (secondary N) is 2. The lowest BCUT2D eigenvalue weighted by atomic mass is 10.2. The Labute approximate surface area is 106 Å². The van der Waals surface area contributed by atoms with Crippen molar-refractivity contribution in [3.63, 3.8) is 0 Å². The zero-order valence-corrected chi connectivity index (χ0v) is 10.5. The molecule has 0 saturated heterocycles. The lowest BCUT2D eigenvalue weighted by molar-refractivity contribution is 0.736. The van der Waals surface area contributed by atoms with Crippen molar-refractivity contribution < 1.29 is 0 Å². The second-order valence-corrected chi connectivity index (χ2v) is 4.90. The Morgan fingerprint density at radius 1 is 1.35 bits per heavy atom. The Bertz CT molecular complexity index is 510. The number of H-pyrrole nitrogens is 1. The first-order valence-corrected chi connectivity index (χ1v) is 6.84. The monoisotopic (exact) mass is 244 g/mol. The summed E-state index contributed by atoms with van der Waals surface area (Å²) in [6.45, 7) is 1.90. The first-order chi connectivity index (χ1) is 8.42. The molecule has 88 valence electrons. The first-order valence-electron chi connectivity index (χ1n) is 5.68. The van der Waals surface area contributed by atoms with Crippen molar-refractivity contribution >= 4 is 22.7 Å². The molecule has 0 radical (unpaired) electrons. The molecule has 2 aromatic rings. The van der Waals surface area contributed by atoms with Gasteiger partial charge in [0.2, 0.25) is 0 Å². The molecule has 0 aliphatic rings. The highest BCUT2D eigenvalue weighted by Crippen LogP contribution is 2.17. The van der Waals surface area contributed by atoms with E-state index in [2.05, 4.69) is 40.6 Å². The van der Waals surface area contributed by atoms with Crippen LogP contribution >= 0.6 is 11.8 Å². The number of hydrogen-bond donors (Lipinski definition) is 2. The molecule has 0 aliphatic heterocycles. The predicted molar refractivity (Wildman–Crippen MR) is 76.2 cm³/mol. The summed E-state index contributed by atoms with van der Waals surface area (Å²) >= 11 is 1.79. The molecular formula is C14H16N2S. The number of benzene rings is 1. The van der Waals surface area contributed by atoms with E-state index >= 15 is 0 Å². The zero-order valence-electron chi connectivity index (χ0n) is 9.70. The Kier molecular flexibility index (Phi) is 4.54. The molecule has 17 heavy (non-hydrogen) atoms. The Balaban J connectivity index is 1.81. The number of aromatic nitrogens is 1. The fourth-order valence-electron chi connectivity index (χ4n) is 1.78. The maximum atomic E-state index is 5.19. The SMILES string of the molecule is C#CCSCCNCc1c[nH]c2ccccc12. The minimum atomic E-state index is 0.800. The number of hydrogen-bond acceptors (Lipinski definition) is 2. The summed E-state index contributed by atoms with van der Waals surface area (Å²) < 4.78 is 0. The quantitative estimate of drug-likeness (QED) is 0.604. The topological polar surface area (TPSA) is 27.8 Å². The molecular weight excluding hydrogens is 228 g/mol. The van der Waals surface area contributed by atoms with Gasteiger partial charge in [-0.05, 0) is 11.6 Å². The van der Waals surface area contributed by atoms with E-state index in [0.717, 1.165) is 24.6 Å². The van der Waals surface area contributed by atoms with Crippen molar-refractivity contribution in [3.8, 4) is 12.3 Å². The van der Waals surface area contributed by atoms with Crippen molar-refractivity contribution in [2.24, 2.45) is 0 Å². The number of terminal acetylenes is 1. The molecule has 2 N–H and O–H groups in total. The van der Waals surface area contributed by atoms with Crippen LogP contribution in [0.2, 0.25) is 0 Å². The highest BCUT2D eigenvalue weighted by Gasteiger charge is 2.01. The standard InChI is InChI=1S/C14H16N2S/c1-2-8-17-9-7-15-10-12-11-16-14-6-4-3-5-13(12)14/h1,3-6,11,15-16H,7-10H2. The largest absolute Gasteiger partial charge is 0.361 e. The van der Waals surface area contributed by atoms with Gasteiger partial charge in [0, 0.05) is 35.9 Å². The van der Waals surface area contributed by atoms with E-state index in [1.165, 1.54) is 16.5 Å². The molecule has 2 nitrogen and oxygen atoms in total. The van der Waals surface area contributed by atoms with Crippen molar-refractivity contribution in [2.45, 2.75) is 6.54 Å². The van der Waals surface area contributed by atoms with Crippen LogP contribution in [0.25, 0.3) is 10.9 Å². The summed E-state index contributed by atoms with van der Waals surface area (Å²) in [5, 5.41) is 4.73. The summed E-state index contributed by atoms with van der Waals surface area (Å²) in [4.78, 5) is 3.28. The third-order valence-corrected chi connectivity index (χ3v) is 3.46. The van der Waals surface area contributed by atoms with Crippen LogP contribution in [0.4, 0.5) is 0 Å². The maximum absolute atomic E-state index is 5.19. The second kappa shape index (κ2) is 6.39. The number of rotatable bonds is 6. The Hall–Kier alpha value is -1.37. The summed E-state index contributed by atoms with van der Waals surface area (Å²) in [5.41, 5.74) is 2.52. The molecule has 0 bridgehead atoms. The number of fused-ring (bicyclic) bond motifs is 1. The van der Waals surface area contributed by atoms with Gasteiger partial charge in [0.15, 0.2) is 0 Å². The highest BCUT2D eigenvalue weighted by molar-refractivity contribution is 7.99. The van der Waals surface area contributed by atoms with Crippen molar-refractivity contribution in [1.82, 2.24) is 10.3 Å².